The highest BCUT2D eigenvalue weighted by Gasteiger charge is 2.34. The van der Waals surface area contributed by atoms with Crippen molar-refractivity contribution in [2.45, 2.75) is 98.4 Å². The van der Waals surface area contributed by atoms with E-state index in [1.54, 1.807) is 39.8 Å². The van der Waals surface area contributed by atoms with Gasteiger partial charge in [0.15, 0.2) is 0 Å². The number of rotatable bonds is 12. The van der Waals surface area contributed by atoms with Gasteiger partial charge in [0, 0.05) is 12.2 Å². The quantitative estimate of drug-likeness (QED) is 0.313. The molecule has 0 aliphatic heterocycles. The van der Waals surface area contributed by atoms with Crippen molar-refractivity contribution in [3.05, 3.63) is 29.3 Å². The van der Waals surface area contributed by atoms with Gasteiger partial charge in [-0.3, -0.25) is 13.8 Å². The summed E-state index contributed by atoms with van der Waals surface area (Å²) in [4.78, 5) is 12.5. The normalized spacial score (nSPS) is 13.5. The van der Waals surface area contributed by atoms with Gasteiger partial charge in [-0.15, -0.1) is 0 Å². The molecule has 1 atom stereocenters. The Bertz CT molecular complexity index is 739. The van der Waals surface area contributed by atoms with Gasteiger partial charge >= 0.3 is 13.8 Å². The summed E-state index contributed by atoms with van der Waals surface area (Å²) in [5.74, 6) is -0.152. The molecule has 1 unspecified atom stereocenters. The first-order valence-electron chi connectivity index (χ1n) is 10.9. The minimum absolute atomic E-state index is 0.0264. The van der Waals surface area contributed by atoms with Gasteiger partial charge in [0.05, 0.1) is 18.6 Å². The lowest BCUT2D eigenvalue weighted by atomic mass is 9.88. The summed E-state index contributed by atoms with van der Waals surface area (Å²) in [6, 6.07) is 5.25. The van der Waals surface area contributed by atoms with Crippen molar-refractivity contribution in [1.82, 2.24) is 0 Å². The molecule has 0 fully saturated rings. The maximum absolute atomic E-state index is 13.3. The Morgan fingerprint density at radius 3 is 2.13 bits per heavy atom. The Hall–Kier alpha value is -1.40. The number of ether oxygens (including phenoxy) is 1. The van der Waals surface area contributed by atoms with E-state index in [4.69, 9.17) is 18.3 Å². The van der Waals surface area contributed by atoms with Crippen LogP contribution in [0.1, 0.15) is 85.3 Å². The minimum atomic E-state index is -3.92. The molecule has 0 aromatic heterocycles. The van der Waals surface area contributed by atoms with Gasteiger partial charge in [0.25, 0.3) is 0 Å². The number of benzene rings is 1. The van der Waals surface area contributed by atoms with E-state index < -0.39 is 13.4 Å². The second kappa shape index (κ2) is 12.0. The molecule has 0 aliphatic carbocycles. The van der Waals surface area contributed by atoms with Crippen molar-refractivity contribution < 1.29 is 32.8 Å². The maximum atomic E-state index is 13.3. The van der Waals surface area contributed by atoms with E-state index in [1.807, 2.05) is 33.8 Å². The van der Waals surface area contributed by atoms with E-state index in [9.17, 15) is 14.5 Å². The summed E-state index contributed by atoms with van der Waals surface area (Å²) in [7, 11) is -3.92. The first kappa shape index (κ1) is 27.6. The fourth-order valence-electron chi connectivity index (χ4n) is 3.23. The SMILES string of the molecule is CCC(CCO)c1c(CC(=O)OC(C)(C)C)cccc1OP(=O)(OC(C)C)OC(C)C. The van der Waals surface area contributed by atoms with Gasteiger partial charge in [-0.1, -0.05) is 19.1 Å². The molecule has 0 bridgehead atoms. The lowest BCUT2D eigenvalue weighted by Gasteiger charge is -2.27. The topological polar surface area (TPSA) is 91.3 Å². The van der Waals surface area contributed by atoms with Crippen molar-refractivity contribution in [2.24, 2.45) is 0 Å². The lowest BCUT2D eigenvalue weighted by Crippen LogP contribution is -2.25. The van der Waals surface area contributed by atoms with E-state index in [-0.39, 0.29) is 37.1 Å². The smallest absolute Gasteiger partial charge is 0.460 e. The first-order valence-corrected chi connectivity index (χ1v) is 12.4. The number of phosphoric ester groups is 1. The molecule has 0 amide bonds. The second-order valence-corrected chi connectivity index (χ2v) is 10.6. The molecule has 31 heavy (non-hydrogen) atoms. The van der Waals surface area contributed by atoms with E-state index in [1.165, 1.54) is 0 Å². The summed E-state index contributed by atoms with van der Waals surface area (Å²) < 4.78 is 35.8. The number of hydrogen-bond acceptors (Lipinski definition) is 7. The predicted molar refractivity (Wildman–Crippen MR) is 121 cm³/mol. The molecule has 1 aromatic carbocycles. The van der Waals surface area contributed by atoms with Crippen molar-refractivity contribution in [2.75, 3.05) is 6.61 Å². The molecule has 0 saturated carbocycles. The van der Waals surface area contributed by atoms with Crippen LogP contribution in [0.5, 0.6) is 5.75 Å². The fraction of sp³-hybridized carbons (Fsp3) is 0.696. The molecule has 7 nitrogen and oxygen atoms in total. The molecule has 8 heteroatoms. The number of carbonyl (C=O) groups is 1. The van der Waals surface area contributed by atoms with Crippen LogP contribution in [0.4, 0.5) is 0 Å². The summed E-state index contributed by atoms with van der Waals surface area (Å²) in [6.07, 6.45) is 0.447. The molecule has 0 heterocycles. The zero-order chi connectivity index (χ0) is 23.8. The summed E-state index contributed by atoms with van der Waals surface area (Å²) >= 11 is 0. The maximum Gasteiger partial charge on any atom is 0.530 e. The van der Waals surface area contributed by atoms with Gasteiger partial charge in [-0.05, 0) is 78.9 Å². The first-order chi connectivity index (χ1) is 14.3. The molecule has 0 aliphatic rings. The highest BCUT2D eigenvalue weighted by molar-refractivity contribution is 7.49. The average molecular weight is 459 g/mol. The Morgan fingerprint density at radius 1 is 1.10 bits per heavy atom. The van der Waals surface area contributed by atoms with Crippen LogP contribution in [0.25, 0.3) is 0 Å². The van der Waals surface area contributed by atoms with E-state index >= 15 is 0 Å². The van der Waals surface area contributed by atoms with E-state index in [0.29, 0.717) is 29.7 Å². The van der Waals surface area contributed by atoms with Crippen LogP contribution in [-0.2, 0) is 29.6 Å². The number of hydrogen-bond donors (Lipinski definition) is 1. The Labute approximate surface area is 187 Å². The molecular weight excluding hydrogens is 419 g/mol. The van der Waals surface area contributed by atoms with Crippen LogP contribution in [0, 0.1) is 0 Å². The minimum Gasteiger partial charge on any atom is -0.460 e. The van der Waals surface area contributed by atoms with Crippen LogP contribution in [0.3, 0.4) is 0 Å². The Kier molecular flexibility index (Phi) is 10.7. The number of carbonyl (C=O) groups excluding carboxylic acids is 1. The third-order valence-electron chi connectivity index (χ3n) is 4.18. The monoisotopic (exact) mass is 458 g/mol. The zero-order valence-corrected chi connectivity index (χ0v) is 21.0. The van der Waals surface area contributed by atoms with E-state index in [2.05, 4.69) is 0 Å². The molecule has 0 radical (unpaired) electrons. The molecule has 1 rings (SSSR count). The van der Waals surface area contributed by atoms with Gasteiger partial charge in [-0.25, -0.2) is 4.57 Å². The van der Waals surface area contributed by atoms with Crippen LogP contribution >= 0.6 is 7.82 Å². The van der Waals surface area contributed by atoms with Crippen LogP contribution in [0.15, 0.2) is 18.2 Å². The van der Waals surface area contributed by atoms with E-state index in [0.717, 1.165) is 0 Å². The largest absolute Gasteiger partial charge is 0.530 e. The van der Waals surface area contributed by atoms with Crippen molar-refractivity contribution in [3.8, 4) is 5.75 Å². The lowest BCUT2D eigenvalue weighted by molar-refractivity contribution is -0.153. The molecular formula is C23H39O7P. The highest BCUT2D eigenvalue weighted by Crippen LogP contribution is 2.53. The molecule has 178 valence electrons. The van der Waals surface area contributed by atoms with Gasteiger partial charge < -0.3 is 14.4 Å². The number of phosphoric acid groups is 1. The summed E-state index contributed by atoms with van der Waals surface area (Å²) in [5, 5.41) is 9.58. The number of esters is 1. The molecule has 1 N–H and O–H groups in total. The number of aliphatic hydroxyl groups excluding tert-OH is 1. The summed E-state index contributed by atoms with van der Waals surface area (Å²) in [5.41, 5.74) is 0.810. The van der Waals surface area contributed by atoms with Gasteiger partial charge in [-0.2, -0.15) is 0 Å². The fourth-order valence-corrected chi connectivity index (χ4v) is 4.80. The van der Waals surface area contributed by atoms with Gasteiger partial charge in [0.2, 0.25) is 0 Å². The van der Waals surface area contributed by atoms with Crippen LogP contribution in [0.2, 0.25) is 0 Å². The summed E-state index contributed by atoms with van der Waals surface area (Å²) in [6.45, 7) is 14.4. The van der Waals surface area contributed by atoms with Crippen molar-refractivity contribution in [3.63, 3.8) is 0 Å². The second-order valence-electron chi connectivity index (χ2n) is 9.06. The third-order valence-corrected chi connectivity index (χ3v) is 5.96. The van der Waals surface area contributed by atoms with Crippen molar-refractivity contribution >= 4 is 13.8 Å². The van der Waals surface area contributed by atoms with Gasteiger partial charge in [0.1, 0.15) is 11.4 Å². The highest BCUT2D eigenvalue weighted by atomic mass is 31.2. The standard InChI is InChI=1S/C23H39O7P/c1-9-18(13-14-24)22-19(15-21(25)27-23(6,7)8)11-10-12-20(22)30-31(26,28-16(2)3)29-17(4)5/h10-12,16-18,24H,9,13-15H2,1-8H3. The Morgan fingerprint density at radius 2 is 1.68 bits per heavy atom. The molecule has 1 aromatic rings. The predicted octanol–water partition coefficient (Wildman–Crippen LogP) is 5.78. The van der Waals surface area contributed by atoms with Crippen molar-refractivity contribution in [1.29, 1.82) is 0 Å². The third kappa shape index (κ3) is 9.73. The zero-order valence-electron chi connectivity index (χ0n) is 20.1. The molecule has 0 spiro atoms. The van der Waals surface area contributed by atoms with Crippen LogP contribution in [-0.4, -0.2) is 35.5 Å². The average Bonchev–Trinajstić information content (AvgIpc) is 2.57. The van der Waals surface area contributed by atoms with Crippen LogP contribution < -0.4 is 4.52 Å². The number of aliphatic hydroxyl groups is 1. The molecule has 0 saturated heterocycles. The Balaban J connectivity index is 3.44.